The molecule has 0 radical (unpaired) electrons. The Bertz CT molecular complexity index is 2480. The highest BCUT2D eigenvalue weighted by Gasteiger charge is 2.19. The summed E-state index contributed by atoms with van der Waals surface area (Å²) in [6.07, 6.45) is 4.36. The van der Waals surface area contributed by atoms with E-state index in [9.17, 15) is 0 Å². The van der Waals surface area contributed by atoms with Crippen LogP contribution in [-0.4, -0.2) is 15.0 Å². The summed E-state index contributed by atoms with van der Waals surface area (Å²) in [6, 6.07) is 41.7. The lowest BCUT2D eigenvalue weighted by atomic mass is 10.1. The van der Waals surface area contributed by atoms with Crippen LogP contribution in [-0.2, 0) is 0 Å². The van der Waals surface area contributed by atoms with Gasteiger partial charge in [-0.05, 0) is 89.0 Å². The van der Waals surface area contributed by atoms with Gasteiger partial charge in [-0.25, -0.2) is 4.98 Å². The predicted molar refractivity (Wildman–Crippen MR) is 197 cm³/mol. The van der Waals surface area contributed by atoms with Gasteiger partial charge in [-0.3, -0.25) is 0 Å². The molecule has 6 aromatic heterocycles. The van der Waals surface area contributed by atoms with Crippen LogP contribution in [0.4, 0.5) is 0 Å². The molecule has 0 amide bonds. The molecule has 7 heterocycles. The molecule has 45 heavy (non-hydrogen) atoms. The molecule has 3 nitrogen and oxygen atoms in total. The lowest BCUT2D eigenvalue weighted by molar-refractivity contribution is 1.32. The molecule has 212 valence electrons. The molecule has 10 rings (SSSR count). The zero-order valence-electron chi connectivity index (χ0n) is 23.8. The van der Waals surface area contributed by atoms with Gasteiger partial charge in [-0.15, -0.1) is 34.0 Å². The average molecular weight is 630 g/mol. The van der Waals surface area contributed by atoms with Crippen molar-refractivity contribution >= 4 is 98.5 Å². The lowest BCUT2D eigenvalue weighted by Gasteiger charge is -2.03. The smallest absolute Gasteiger partial charge is 0.0745 e. The number of fused-ring (bicyclic) bond motifs is 9. The average Bonchev–Trinajstić information content (AvgIpc) is 3.90. The quantitative estimate of drug-likeness (QED) is 0.201. The van der Waals surface area contributed by atoms with Crippen molar-refractivity contribution in [1.82, 2.24) is 15.0 Å². The maximum absolute atomic E-state index is 5.37. The van der Waals surface area contributed by atoms with Gasteiger partial charge in [0.05, 0.1) is 11.4 Å². The first-order valence-corrected chi connectivity index (χ1v) is 17.3. The normalized spacial score (nSPS) is 12.4. The fourth-order valence-electron chi connectivity index (χ4n) is 6.53. The zero-order valence-corrected chi connectivity index (χ0v) is 26.2. The first-order valence-electron chi connectivity index (χ1n) is 14.9. The number of hydrogen-bond donors (Lipinski definition) is 2. The van der Waals surface area contributed by atoms with E-state index in [1.807, 2.05) is 34.0 Å². The fraction of sp³-hybridized carbons (Fsp3) is 0. The van der Waals surface area contributed by atoms with Gasteiger partial charge in [0.25, 0.3) is 0 Å². The van der Waals surface area contributed by atoms with Gasteiger partial charge in [-0.1, -0.05) is 54.6 Å². The summed E-state index contributed by atoms with van der Waals surface area (Å²) in [7, 11) is 0. The minimum Gasteiger partial charge on any atom is -0.354 e. The number of thiophene rings is 3. The number of aromatic amines is 2. The zero-order chi connectivity index (χ0) is 29.5. The lowest BCUT2D eigenvalue weighted by Crippen LogP contribution is -1.86. The van der Waals surface area contributed by atoms with Crippen LogP contribution < -0.4 is 0 Å². The molecule has 0 atom stereocenters. The molecule has 0 saturated carbocycles. The Morgan fingerprint density at radius 1 is 0.400 bits per heavy atom. The maximum atomic E-state index is 5.37. The number of hydrogen-bond acceptors (Lipinski definition) is 4. The van der Waals surface area contributed by atoms with Crippen molar-refractivity contribution in [1.29, 1.82) is 0 Å². The number of aromatic nitrogens is 3. The van der Waals surface area contributed by atoms with Crippen LogP contribution >= 0.6 is 34.0 Å². The van der Waals surface area contributed by atoms with Crippen molar-refractivity contribution in [3.05, 3.63) is 127 Å². The van der Waals surface area contributed by atoms with E-state index in [1.54, 1.807) is 0 Å². The van der Waals surface area contributed by atoms with Crippen molar-refractivity contribution in [3.63, 3.8) is 0 Å². The van der Waals surface area contributed by atoms with Gasteiger partial charge < -0.3 is 9.97 Å². The van der Waals surface area contributed by atoms with Gasteiger partial charge in [0.1, 0.15) is 0 Å². The number of nitrogens with zero attached hydrogens (tertiary/aromatic N) is 1. The third-order valence-electron chi connectivity index (χ3n) is 8.62. The Morgan fingerprint density at radius 3 is 1.16 bits per heavy atom. The number of benzene rings is 3. The Morgan fingerprint density at radius 2 is 0.756 bits per heavy atom. The summed E-state index contributed by atoms with van der Waals surface area (Å²) in [5.74, 6) is 0. The molecule has 0 aliphatic carbocycles. The Hall–Kier alpha value is -5.01. The minimum atomic E-state index is 0.972. The van der Waals surface area contributed by atoms with E-state index in [0.29, 0.717) is 0 Å². The number of H-pyrrole nitrogens is 2. The second kappa shape index (κ2) is 9.74. The standard InChI is InChI=1S/C39H23N3S3/c1-4-10-31-22(7-1)19-34(43-31)37-25-13-15-27(40-25)38(35-20-23-8-2-5-11-32(23)44-35)29-17-18-30(42-29)39(28-16-14-26(37)41-28)36-21-24-9-3-6-12-33(24)45-36/h1-21,40-41H. The molecular weight excluding hydrogens is 607 g/mol. The van der Waals surface area contributed by atoms with Crippen LogP contribution in [0.5, 0.6) is 0 Å². The third kappa shape index (κ3) is 4.03. The summed E-state index contributed by atoms with van der Waals surface area (Å²) >= 11 is 5.48. The molecular formula is C39H23N3S3. The molecule has 1 aliphatic rings. The highest BCUT2D eigenvalue weighted by Crippen LogP contribution is 2.43. The first-order chi connectivity index (χ1) is 22.2. The third-order valence-corrected chi connectivity index (χ3v) is 12.0. The van der Waals surface area contributed by atoms with E-state index in [-0.39, 0.29) is 0 Å². The monoisotopic (exact) mass is 629 g/mol. The van der Waals surface area contributed by atoms with E-state index >= 15 is 0 Å². The highest BCUT2D eigenvalue weighted by atomic mass is 32.1. The van der Waals surface area contributed by atoms with Crippen LogP contribution in [0.3, 0.4) is 0 Å². The molecule has 6 bridgehead atoms. The summed E-state index contributed by atoms with van der Waals surface area (Å²) < 4.78 is 3.83. The Balaban J connectivity index is 1.36. The topological polar surface area (TPSA) is 44.5 Å². The van der Waals surface area contributed by atoms with E-state index in [1.165, 1.54) is 50.5 Å². The molecule has 0 unspecified atom stereocenters. The van der Waals surface area contributed by atoms with Crippen molar-refractivity contribution in [3.8, 4) is 31.3 Å². The van der Waals surface area contributed by atoms with Gasteiger partial charge in [-0.2, -0.15) is 0 Å². The summed E-state index contributed by atoms with van der Waals surface area (Å²) in [4.78, 5) is 16.7. The first kappa shape index (κ1) is 25.3. The Labute approximate surface area is 270 Å². The molecule has 2 N–H and O–H groups in total. The van der Waals surface area contributed by atoms with Crippen LogP contribution in [0, 0.1) is 0 Å². The van der Waals surface area contributed by atoms with Crippen LogP contribution in [0.1, 0.15) is 11.4 Å². The second-order valence-corrected chi connectivity index (χ2v) is 14.6. The second-order valence-electron chi connectivity index (χ2n) is 11.4. The molecule has 1 aliphatic heterocycles. The SMILES string of the molecule is C1=Cc2nc1c(-c1cc3ccccc3s1)c1ccc([nH]1)c(-c1cc3ccccc3s1)c1ccc([nH]1)c2-c1cc2ccccc2s1. The summed E-state index contributed by atoms with van der Waals surface area (Å²) in [5, 5.41) is 3.77. The molecule has 0 fully saturated rings. The minimum absolute atomic E-state index is 0.972. The van der Waals surface area contributed by atoms with Crippen molar-refractivity contribution < 1.29 is 0 Å². The molecule has 3 aromatic carbocycles. The maximum Gasteiger partial charge on any atom is 0.0745 e. The largest absolute Gasteiger partial charge is 0.354 e. The summed E-state index contributed by atoms with van der Waals surface area (Å²) in [5.41, 5.74) is 9.67. The van der Waals surface area contributed by atoms with Gasteiger partial charge in [0.2, 0.25) is 0 Å². The van der Waals surface area contributed by atoms with E-state index < -0.39 is 0 Å². The van der Waals surface area contributed by atoms with Crippen LogP contribution in [0.15, 0.2) is 115 Å². The van der Waals surface area contributed by atoms with Crippen molar-refractivity contribution in [2.45, 2.75) is 0 Å². The van der Waals surface area contributed by atoms with Crippen molar-refractivity contribution in [2.24, 2.45) is 0 Å². The molecule has 0 spiro atoms. The highest BCUT2D eigenvalue weighted by molar-refractivity contribution is 7.23. The van der Waals surface area contributed by atoms with E-state index in [4.69, 9.17) is 4.98 Å². The van der Waals surface area contributed by atoms with Crippen LogP contribution in [0.25, 0.3) is 95.8 Å². The van der Waals surface area contributed by atoms with Crippen molar-refractivity contribution in [2.75, 3.05) is 0 Å². The Kier molecular flexibility index (Phi) is 5.49. The van der Waals surface area contributed by atoms with Crippen LogP contribution in [0.2, 0.25) is 0 Å². The predicted octanol–water partition coefficient (Wildman–Crippen LogP) is 12.3. The molecule has 9 aromatic rings. The van der Waals surface area contributed by atoms with E-state index in [0.717, 1.165) is 44.6 Å². The fourth-order valence-corrected chi connectivity index (χ4v) is 9.93. The summed E-state index contributed by atoms with van der Waals surface area (Å²) in [6.45, 7) is 0. The number of rotatable bonds is 3. The number of nitrogens with one attached hydrogen (secondary N) is 2. The van der Waals surface area contributed by atoms with Gasteiger partial charge in [0.15, 0.2) is 0 Å². The van der Waals surface area contributed by atoms with Gasteiger partial charge >= 0.3 is 0 Å². The molecule has 6 heteroatoms. The van der Waals surface area contributed by atoms with E-state index in [2.05, 4.69) is 137 Å². The van der Waals surface area contributed by atoms with Gasteiger partial charge in [0, 0.05) is 67.5 Å². The molecule has 0 saturated heterocycles.